The van der Waals surface area contributed by atoms with E-state index >= 15 is 0 Å². The molecule has 15 heavy (non-hydrogen) atoms. The Hall–Kier alpha value is -1.57. The second-order valence-corrected chi connectivity index (χ2v) is 4.06. The van der Waals surface area contributed by atoms with Crippen LogP contribution in [0.15, 0.2) is 24.4 Å². The standard InChI is InChI=1S/C13H14N2/c1-14-11-7-8-15-12-6-5-9-3-2-4-10(9)13(11)12/h5-8H,2-4H2,1H3,(H,14,15). The zero-order chi connectivity index (χ0) is 10.3. The van der Waals surface area contributed by atoms with Crippen LogP contribution in [0.1, 0.15) is 17.5 Å². The quantitative estimate of drug-likeness (QED) is 0.762. The van der Waals surface area contributed by atoms with Crippen LogP contribution in [0, 0.1) is 0 Å². The van der Waals surface area contributed by atoms with Gasteiger partial charge in [-0.2, -0.15) is 0 Å². The van der Waals surface area contributed by atoms with E-state index in [1.807, 2.05) is 13.2 Å². The third-order valence-corrected chi connectivity index (χ3v) is 3.25. The zero-order valence-electron chi connectivity index (χ0n) is 8.88. The van der Waals surface area contributed by atoms with Crippen molar-refractivity contribution in [2.45, 2.75) is 19.3 Å². The number of rotatable bonds is 1. The molecule has 2 heteroatoms. The summed E-state index contributed by atoms with van der Waals surface area (Å²) in [6.45, 7) is 0. The number of aromatic nitrogens is 1. The number of hydrogen-bond acceptors (Lipinski definition) is 2. The number of nitrogens with zero attached hydrogens (tertiary/aromatic N) is 1. The Labute approximate surface area is 89.3 Å². The first-order chi connectivity index (χ1) is 7.40. The van der Waals surface area contributed by atoms with E-state index < -0.39 is 0 Å². The third-order valence-electron chi connectivity index (χ3n) is 3.25. The smallest absolute Gasteiger partial charge is 0.0725 e. The summed E-state index contributed by atoms with van der Waals surface area (Å²) in [5.41, 5.74) is 5.33. The SMILES string of the molecule is CNc1ccnc2ccc3c(c12)CCC3. The van der Waals surface area contributed by atoms with Crippen LogP contribution in [0.5, 0.6) is 0 Å². The van der Waals surface area contributed by atoms with Crippen LogP contribution in [0.3, 0.4) is 0 Å². The number of aryl methyl sites for hydroxylation is 2. The van der Waals surface area contributed by atoms with E-state index in [2.05, 4.69) is 28.5 Å². The second kappa shape index (κ2) is 3.23. The minimum Gasteiger partial charge on any atom is -0.388 e. The number of anilines is 1. The van der Waals surface area contributed by atoms with Crippen molar-refractivity contribution >= 4 is 16.6 Å². The molecule has 0 amide bonds. The number of hydrogen-bond donors (Lipinski definition) is 1. The lowest BCUT2D eigenvalue weighted by molar-refractivity contribution is 0.913. The van der Waals surface area contributed by atoms with Gasteiger partial charge in [-0.1, -0.05) is 6.07 Å². The maximum Gasteiger partial charge on any atom is 0.0725 e. The summed E-state index contributed by atoms with van der Waals surface area (Å²) in [6.07, 6.45) is 5.58. The van der Waals surface area contributed by atoms with Gasteiger partial charge < -0.3 is 5.32 Å². The molecular weight excluding hydrogens is 184 g/mol. The lowest BCUT2D eigenvalue weighted by Crippen LogP contribution is -1.94. The van der Waals surface area contributed by atoms with Crippen LogP contribution in [0.25, 0.3) is 10.9 Å². The fourth-order valence-corrected chi connectivity index (χ4v) is 2.55. The lowest BCUT2D eigenvalue weighted by atomic mass is 10.0. The molecule has 0 bridgehead atoms. The monoisotopic (exact) mass is 198 g/mol. The minimum absolute atomic E-state index is 1.11. The number of benzene rings is 1. The highest BCUT2D eigenvalue weighted by Crippen LogP contribution is 2.33. The van der Waals surface area contributed by atoms with Crippen LogP contribution < -0.4 is 5.32 Å². The molecule has 0 spiro atoms. The van der Waals surface area contributed by atoms with Crippen molar-refractivity contribution < 1.29 is 0 Å². The summed E-state index contributed by atoms with van der Waals surface area (Å²) in [6, 6.07) is 6.43. The van der Waals surface area contributed by atoms with Gasteiger partial charge in [-0.15, -0.1) is 0 Å². The van der Waals surface area contributed by atoms with Gasteiger partial charge in [-0.25, -0.2) is 0 Å². The average molecular weight is 198 g/mol. The van der Waals surface area contributed by atoms with Crippen molar-refractivity contribution in [2.75, 3.05) is 12.4 Å². The number of fused-ring (bicyclic) bond motifs is 3. The zero-order valence-corrected chi connectivity index (χ0v) is 8.88. The Kier molecular flexibility index (Phi) is 1.88. The largest absolute Gasteiger partial charge is 0.388 e. The Morgan fingerprint density at radius 2 is 2.13 bits per heavy atom. The molecule has 2 aromatic rings. The maximum absolute atomic E-state index is 4.43. The summed E-state index contributed by atoms with van der Waals surface area (Å²) >= 11 is 0. The molecule has 0 aliphatic heterocycles. The van der Waals surface area contributed by atoms with Gasteiger partial charge >= 0.3 is 0 Å². The van der Waals surface area contributed by atoms with Crippen LogP contribution in [-0.4, -0.2) is 12.0 Å². The fraction of sp³-hybridized carbons (Fsp3) is 0.308. The van der Waals surface area contributed by atoms with Gasteiger partial charge in [0.1, 0.15) is 0 Å². The van der Waals surface area contributed by atoms with Gasteiger partial charge in [0.2, 0.25) is 0 Å². The van der Waals surface area contributed by atoms with Gasteiger partial charge in [0.25, 0.3) is 0 Å². The van der Waals surface area contributed by atoms with Crippen molar-refractivity contribution in [1.82, 2.24) is 4.98 Å². The molecule has 0 radical (unpaired) electrons. The highest BCUT2D eigenvalue weighted by molar-refractivity contribution is 5.95. The van der Waals surface area contributed by atoms with Crippen molar-refractivity contribution in [2.24, 2.45) is 0 Å². The van der Waals surface area contributed by atoms with E-state index in [1.165, 1.54) is 41.5 Å². The van der Waals surface area contributed by atoms with Crippen molar-refractivity contribution in [3.63, 3.8) is 0 Å². The Bertz CT molecular complexity index is 517. The molecule has 0 saturated heterocycles. The molecule has 1 aliphatic rings. The second-order valence-electron chi connectivity index (χ2n) is 4.06. The average Bonchev–Trinajstić information content (AvgIpc) is 2.76. The van der Waals surface area contributed by atoms with Crippen LogP contribution in [0.2, 0.25) is 0 Å². The predicted octanol–water partition coefficient (Wildman–Crippen LogP) is 2.77. The Morgan fingerprint density at radius 3 is 3.00 bits per heavy atom. The maximum atomic E-state index is 4.43. The molecule has 3 rings (SSSR count). The molecule has 1 aromatic carbocycles. The summed E-state index contributed by atoms with van der Waals surface area (Å²) in [4.78, 5) is 4.43. The molecule has 1 aliphatic carbocycles. The predicted molar refractivity (Wildman–Crippen MR) is 63.3 cm³/mol. The molecule has 0 unspecified atom stereocenters. The first-order valence-electron chi connectivity index (χ1n) is 5.47. The molecule has 0 fully saturated rings. The Balaban J connectivity index is 2.41. The van der Waals surface area contributed by atoms with E-state index in [1.54, 1.807) is 0 Å². The topological polar surface area (TPSA) is 24.9 Å². The van der Waals surface area contributed by atoms with Gasteiger partial charge in [0.15, 0.2) is 0 Å². The highest BCUT2D eigenvalue weighted by atomic mass is 14.8. The minimum atomic E-state index is 1.11. The van der Waals surface area contributed by atoms with E-state index in [0.717, 1.165) is 5.52 Å². The normalized spacial score (nSPS) is 14.2. The van der Waals surface area contributed by atoms with Crippen molar-refractivity contribution in [1.29, 1.82) is 0 Å². The van der Waals surface area contributed by atoms with Crippen LogP contribution in [-0.2, 0) is 12.8 Å². The molecule has 1 N–H and O–H groups in total. The molecule has 1 heterocycles. The molecule has 2 nitrogen and oxygen atoms in total. The molecule has 76 valence electrons. The van der Waals surface area contributed by atoms with Gasteiger partial charge in [-0.05, 0) is 42.5 Å². The van der Waals surface area contributed by atoms with E-state index in [0.29, 0.717) is 0 Å². The third kappa shape index (κ3) is 1.21. The highest BCUT2D eigenvalue weighted by Gasteiger charge is 2.15. The van der Waals surface area contributed by atoms with Gasteiger partial charge in [-0.3, -0.25) is 4.98 Å². The molecule has 0 saturated carbocycles. The van der Waals surface area contributed by atoms with E-state index in [-0.39, 0.29) is 0 Å². The molecular formula is C13H14N2. The van der Waals surface area contributed by atoms with Gasteiger partial charge in [0, 0.05) is 24.3 Å². The van der Waals surface area contributed by atoms with Crippen molar-refractivity contribution in [3.05, 3.63) is 35.5 Å². The first kappa shape index (κ1) is 8.72. The number of pyridine rings is 1. The molecule has 0 atom stereocenters. The van der Waals surface area contributed by atoms with E-state index in [4.69, 9.17) is 0 Å². The summed E-state index contributed by atoms with van der Waals surface area (Å²) in [7, 11) is 1.98. The van der Waals surface area contributed by atoms with Crippen LogP contribution in [0.4, 0.5) is 5.69 Å². The number of nitrogens with one attached hydrogen (secondary N) is 1. The summed E-state index contributed by atoms with van der Waals surface area (Å²) in [5.74, 6) is 0. The van der Waals surface area contributed by atoms with Crippen LogP contribution >= 0.6 is 0 Å². The molecule has 1 aromatic heterocycles. The lowest BCUT2D eigenvalue weighted by Gasteiger charge is -2.09. The summed E-state index contributed by atoms with van der Waals surface area (Å²) in [5, 5.41) is 4.59. The summed E-state index contributed by atoms with van der Waals surface area (Å²) < 4.78 is 0. The van der Waals surface area contributed by atoms with E-state index in [9.17, 15) is 0 Å². The fourth-order valence-electron chi connectivity index (χ4n) is 2.55. The first-order valence-corrected chi connectivity index (χ1v) is 5.47. The van der Waals surface area contributed by atoms with Gasteiger partial charge in [0.05, 0.1) is 5.52 Å². The van der Waals surface area contributed by atoms with Crippen molar-refractivity contribution in [3.8, 4) is 0 Å². The Morgan fingerprint density at radius 1 is 1.20 bits per heavy atom.